The standard InChI is InChI=1S/C31H31F3N4O2/c32-31(33,34)26-4-2-1-3-24(26)28(39)36-27-8-7-21-5-6-22(19-25(21)27)29(40)38-18-13-30(20-38)11-16-37(17-12-30)23-9-14-35-15-10-23/h1-6,9-10,14-15,19,27H,7-8,11-13,16-18,20H2,(H,36,39). The minimum Gasteiger partial charge on any atom is -0.371 e. The maximum absolute atomic E-state index is 13.6. The first-order chi connectivity index (χ1) is 19.2. The van der Waals surface area contributed by atoms with Crippen molar-refractivity contribution in [2.45, 2.75) is 44.3 Å². The summed E-state index contributed by atoms with van der Waals surface area (Å²) in [6.45, 7) is 3.33. The van der Waals surface area contributed by atoms with Gasteiger partial charge in [-0.1, -0.05) is 18.2 Å². The minimum atomic E-state index is -4.62. The van der Waals surface area contributed by atoms with E-state index in [0.29, 0.717) is 24.9 Å². The summed E-state index contributed by atoms with van der Waals surface area (Å²) in [6.07, 6.45) is 3.29. The van der Waals surface area contributed by atoms with Crippen LogP contribution in [0.4, 0.5) is 18.9 Å². The predicted molar refractivity (Wildman–Crippen MR) is 145 cm³/mol. The molecule has 0 radical (unpaired) electrons. The quantitative estimate of drug-likeness (QED) is 0.458. The summed E-state index contributed by atoms with van der Waals surface area (Å²) in [4.78, 5) is 34.9. The van der Waals surface area contributed by atoms with E-state index in [0.717, 1.165) is 56.1 Å². The van der Waals surface area contributed by atoms with E-state index in [4.69, 9.17) is 0 Å². The molecule has 2 amide bonds. The van der Waals surface area contributed by atoms with Crippen LogP contribution in [0, 0.1) is 5.41 Å². The third-order valence-electron chi connectivity index (χ3n) is 8.83. The molecule has 3 heterocycles. The zero-order chi connectivity index (χ0) is 27.9. The van der Waals surface area contributed by atoms with Crippen LogP contribution < -0.4 is 10.2 Å². The number of pyridine rings is 1. The Hall–Kier alpha value is -3.88. The largest absolute Gasteiger partial charge is 0.417 e. The van der Waals surface area contributed by atoms with Crippen LogP contribution in [0.15, 0.2) is 67.0 Å². The monoisotopic (exact) mass is 548 g/mol. The van der Waals surface area contributed by atoms with Crippen molar-refractivity contribution in [1.82, 2.24) is 15.2 Å². The third-order valence-corrected chi connectivity index (χ3v) is 8.83. The molecule has 0 bridgehead atoms. The van der Waals surface area contributed by atoms with Crippen LogP contribution >= 0.6 is 0 Å². The van der Waals surface area contributed by atoms with Gasteiger partial charge in [-0.25, -0.2) is 0 Å². The van der Waals surface area contributed by atoms with Gasteiger partial charge in [0.05, 0.1) is 17.2 Å². The zero-order valence-electron chi connectivity index (χ0n) is 22.1. The van der Waals surface area contributed by atoms with Crippen LogP contribution in [0.3, 0.4) is 0 Å². The number of aromatic nitrogens is 1. The maximum atomic E-state index is 13.6. The SMILES string of the molecule is O=C(NC1CCc2ccc(C(=O)N3CCC4(CCN(c5ccncc5)CC4)C3)cc21)c1ccccc1C(F)(F)F. The molecule has 0 saturated carbocycles. The molecule has 40 heavy (non-hydrogen) atoms. The van der Waals surface area contributed by atoms with Gasteiger partial charge in [0.1, 0.15) is 0 Å². The lowest BCUT2D eigenvalue weighted by Gasteiger charge is -2.40. The minimum absolute atomic E-state index is 0.0318. The summed E-state index contributed by atoms with van der Waals surface area (Å²) in [7, 11) is 0. The second-order valence-electron chi connectivity index (χ2n) is 11.2. The van der Waals surface area contributed by atoms with E-state index in [1.165, 1.54) is 23.9 Å². The average molecular weight is 549 g/mol. The number of rotatable bonds is 4. The molecule has 1 spiro atoms. The lowest BCUT2D eigenvalue weighted by atomic mass is 9.77. The Balaban J connectivity index is 1.13. The number of hydrogen-bond acceptors (Lipinski definition) is 4. The fraction of sp³-hybridized carbons (Fsp3) is 0.387. The number of halogens is 3. The van der Waals surface area contributed by atoms with E-state index in [1.807, 2.05) is 47.6 Å². The van der Waals surface area contributed by atoms with Crippen molar-refractivity contribution in [3.8, 4) is 0 Å². The number of piperidine rings is 1. The molecule has 6 rings (SSSR count). The van der Waals surface area contributed by atoms with Crippen molar-refractivity contribution < 1.29 is 22.8 Å². The van der Waals surface area contributed by atoms with Gasteiger partial charge >= 0.3 is 6.18 Å². The van der Waals surface area contributed by atoms with Gasteiger partial charge in [-0.05, 0) is 85.0 Å². The number of nitrogens with zero attached hydrogens (tertiary/aromatic N) is 3. The molecule has 2 aliphatic heterocycles. The summed E-state index contributed by atoms with van der Waals surface area (Å²) >= 11 is 0. The summed E-state index contributed by atoms with van der Waals surface area (Å²) in [6, 6.07) is 14.0. The molecule has 3 aliphatic rings. The number of anilines is 1. The highest BCUT2D eigenvalue weighted by atomic mass is 19.4. The molecule has 208 valence electrons. The van der Waals surface area contributed by atoms with E-state index in [2.05, 4.69) is 15.2 Å². The van der Waals surface area contributed by atoms with Gasteiger partial charge in [0.2, 0.25) is 0 Å². The summed E-state index contributed by atoms with van der Waals surface area (Å²) < 4.78 is 40.4. The van der Waals surface area contributed by atoms with Crippen molar-refractivity contribution >= 4 is 17.5 Å². The number of nitrogens with one attached hydrogen (secondary N) is 1. The lowest BCUT2D eigenvalue weighted by Crippen LogP contribution is -2.42. The Kier molecular flexibility index (Phi) is 6.76. The van der Waals surface area contributed by atoms with Crippen LogP contribution in [0.2, 0.25) is 0 Å². The van der Waals surface area contributed by atoms with Gasteiger partial charge in [0.25, 0.3) is 11.8 Å². The Morgan fingerprint density at radius 1 is 0.950 bits per heavy atom. The number of aryl methyl sites for hydroxylation is 1. The second-order valence-corrected chi connectivity index (χ2v) is 11.2. The molecule has 1 atom stereocenters. The second kappa shape index (κ2) is 10.3. The Labute approximate surface area is 231 Å². The number of hydrogen-bond donors (Lipinski definition) is 1. The van der Waals surface area contributed by atoms with Crippen LogP contribution in [0.1, 0.15) is 69.1 Å². The fourth-order valence-corrected chi connectivity index (χ4v) is 6.54. The van der Waals surface area contributed by atoms with E-state index >= 15 is 0 Å². The van der Waals surface area contributed by atoms with Gasteiger partial charge < -0.3 is 15.1 Å². The van der Waals surface area contributed by atoms with E-state index in [-0.39, 0.29) is 11.3 Å². The van der Waals surface area contributed by atoms with E-state index in [1.54, 1.807) is 0 Å². The average Bonchev–Trinajstić information content (AvgIpc) is 3.57. The predicted octanol–water partition coefficient (Wildman–Crippen LogP) is 5.65. The van der Waals surface area contributed by atoms with E-state index < -0.39 is 29.3 Å². The molecule has 1 aromatic heterocycles. The lowest BCUT2D eigenvalue weighted by molar-refractivity contribution is -0.137. The van der Waals surface area contributed by atoms with Crippen molar-refractivity contribution in [1.29, 1.82) is 0 Å². The van der Waals surface area contributed by atoms with Gasteiger partial charge in [-0.3, -0.25) is 14.6 Å². The molecular formula is C31H31F3N4O2. The van der Waals surface area contributed by atoms with Gasteiger partial charge in [-0.2, -0.15) is 13.2 Å². The first-order valence-electron chi connectivity index (χ1n) is 13.8. The number of likely N-dealkylation sites (tertiary alicyclic amines) is 1. The highest BCUT2D eigenvalue weighted by Crippen LogP contribution is 2.42. The van der Waals surface area contributed by atoms with Crippen LogP contribution in [-0.2, 0) is 12.6 Å². The molecule has 1 unspecified atom stereocenters. The summed E-state index contributed by atoms with van der Waals surface area (Å²) in [5.41, 5.74) is 2.32. The van der Waals surface area contributed by atoms with Crippen molar-refractivity contribution in [3.05, 3.63) is 94.8 Å². The van der Waals surface area contributed by atoms with Gasteiger partial charge in [0, 0.05) is 49.8 Å². The third kappa shape index (κ3) is 5.05. The highest BCUT2D eigenvalue weighted by Gasteiger charge is 2.42. The Morgan fingerprint density at radius 2 is 1.68 bits per heavy atom. The number of fused-ring (bicyclic) bond motifs is 1. The van der Waals surface area contributed by atoms with Crippen molar-refractivity contribution in [2.24, 2.45) is 5.41 Å². The number of carbonyl (C=O) groups excluding carboxylic acids is 2. The summed E-state index contributed by atoms with van der Waals surface area (Å²) in [5.74, 6) is -0.794. The smallest absolute Gasteiger partial charge is 0.371 e. The number of amides is 2. The first kappa shape index (κ1) is 26.3. The van der Waals surface area contributed by atoms with Crippen molar-refractivity contribution in [2.75, 3.05) is 31.1 Å². The van der Waals surface area contributed by atoms with Crippen molar-refractivity contribution in [3.63, 3.8) is 0 Å². The molecule has 2 saturated heterocycles. The zero-order valence-corrected chi connectivity index (χ0v) is 22.1. The number of carbonyl (C=O) groups is 2. The normalized spacial score (nSPS) is 20.0. The molecule has 2 aromatic carbocycles. The first-order valence-corrected chi connectivity index (χ1v) is 13.8. The van der Waals surface area contributed by atoms with Crippen LogP contribution in [-0.4, -0.2) is 47.9 Å². The maximum Gasteiger partial charge on any atom is 0.417 e. The van der Waals surface area contributed by atoms with Gasteiger partial charge in [0.15, 0.2) is 0 Å². The Bertz CT molecular complexity index is 1420. The molecule has 1 aliphatic carbocycles. The van der Waals surface area contributed by atoms with Crippen LogP contribution in [0.5, 0.6) is 0 Å². The Morgan fingerprint density at radius 3 is 2.42 bits per heavy atom. The molecular weight excluding hydrogens is 517 g/mol. The molecule has 3 aromatic rings. The highest BCUT2D eigenvalue weighted by molar-refractivity contribution is 5.97. The van der Waals surface area contributed by atoms with E-state index in [9.17, 15) is 22.8 Å². The topological polar surface area (TPSA) is 65.5 Å². The fourth-order valence-electron chi connectivity index (χ4n) is 6.54. The number of alkyl halides is 3. The van der Waals surface area contributed by atoms with Crippen LogP contribution in [0.25, 0.3) is 0 Å². The summed E-state index contributed by atoms with van der Waals surface area (Å²) in [5, 5.41) is 2.79. The molecule has 1 N–H and O–H groups in total. The molecule has 9 heteroatoms. The van der Waals surface area contributed by atoms with Gasteiger partial charge in [-0.15, -0.1) is 0 Å². The molecule has 2 fully saturated rings. The number of benzene rings is 2. The molecule has 6 nitrogen and oxygen atoms in total.